The van der Waals surface area contributed by atoms with Crippen LogP contribution in [0.2, 0.25) is 0 Å². The fraction of sp³-hybridized carbons (Fsp3) is 0.414. The van der Waals surface area contributed by atoms with Crippen molar-refractivity contribution in [3.05, 3.63) is 60.3 Å². The molecule has 2 aliphatic rings. The molecule has 1 aromatic heterocycles. The number of ether oxygens (including phenoxy) is 1. The van der Waals surface area contributed by atoms with Crippen LogP contribution in [0.15, 0.2) is 54.7 Å². The van der Waals surface area contributed by atoms with Gasteiger partial charge in [0.2, 0.25) is 17.8 Å². The second-order valence-electron chi connectivity index (χ2n) is 10.1. The van der Waals surface area contributed by atoms with Gasteiger partial charge in [-0.15, -0.1) is 0 Å². The maximum Gasteiger partial charge on any atom is 0.246 e. The quantitative estimate of drug-likeness (QED) is 0.450. The Morgan fingerprint density at radius 3 is 2.36 bits per heavy atom. The number of carbonyl (C=O) groups excluding carboxylic acids is 2. The van der Waals surface area contributed by atoms with E-state index in [1.54, 1.807) is 12.0 Å². The number of carbonyl (C=O) groups is 2. The smallest absolute Gasteiger partial charge is 0.246 e. The minimum Gasteiger partial charge on any atom is -0.497 e. The largest absolute Gasteiger partial charge is 0.497 e. The Morgan fingerprint density at radius 2 is 1.72 bits per heavy atom. The lowest BCUT2D eigenvalue weighted by molar-refractivity contribution is -0.138. The van der Waals surface area contributed by atoms with Crippen molar-refractivity contribution in [3.8, 4) is 22.7 Å². The summed E-state index contributed by atoms with van der Waals surface area (Å²) in [5.74, 6) is 1.71. The van der Waals surface area contributed by atoms with Crippen molar-refractivity contribution in [1.29, 1.82) is 0 Å². The standard InChI is InChI=1S/C29H34N4O3/c1-20-7-13-24(14-8-20)33-18-26(22-11-15-25(36-2)16-12-22)30-29(33)31-27(34)19-32(17-21-9-10-21)28(35)23-5-3-4-6-23/h7-8,11-16,18,21,23H,3-6,9-10,17,19H2,1-2H3,(H,30,31,34). The van der Waals surface area contributed by atoms with Gasteiger partial charge in [0.05, 0.1) is 19.3 Å². The number of nitrogens with one attached hydrogen (secondary N) is 1. The molecule has 1 N–H and O–H groups in total. The number of anilines is 1. The third-order valence-electron chi connectivity index (χ3n) is 7.18. The maximum atomic E-state index is 13.2. The van der Waals surface area contributed by atoms with Crippen LogP contribution in [0.25, 0.3) is 16.9 Å². The third kappa shape index (κ3) is 5.61. The molecule has 5 rings (SSSR count). The maximum absolute atomic E-state index is 13.2. The topological polar surface area (TPSA) is 76.5 Å². The van der Waals surface area contributed by atoms with Crippen molar-refractivity contribution in [3.63, 3.8) is 0 Å². The molecule has 0 saturated heterocycles. The lowest BCUT2D eigenvalue weighted by Crippen LogP contribution is -2.42. The molecule has 0 aliphatic heterocycles. The van der Waals surface area contributed by atoms with Gasteiger partial charge in [-0.1, -0.05) is 30.5 Å². The molecule has 188 valence electrons. The summed E-state index contributed by atoms with van der Waals surface area (Å²) in [6, 6.07) is 15.8. The van der Waals surface area contributed by atoms with Crippen LogP contribution in [0.5, 0.6) is 5.75 Å². The van der Waals surface area contributed by atoms with Crippen LogP contribution in [-0.2, 0) is 9.59 Å². The van der Waals surface area contributed by atoms with Gasteiger partial charge in [0, 0.05) is 29.9 Å². The van der Waals surface area contributed by atoms with Gasteiger partial charge >= 0.3 is 0 Å². The monoisotopic (exact) mass is 486 g/mol. The first-order chi connectivity index (χ1) is 17.5. The van der Waals surface area contributed by atoms with E-state index in [4.69, 9.17) is 9.72 Å². The fourth-order valence-electron chi connectivity index (χ4n) is 4.88. The predicted molar refractivity (Wildman–Crippen MR) is 140 cm³/mol. The summed E-state index contributed by atoms with van der Waals surface area (Å²) in [5, 5.41) is 3.00. The molecule has 0 atom stereocenters. The first-order valence-corrected chi connectivity index (χ1v) is 12.9. The molecule has 0 bridgehead atoms. The second-order valence-corrected chi connectivity index (χ2v) is 10.1. The summed E-state index contributed by atoms with van der Waals surface area (Å²) in [4.78, 5) is 33.0. The molecular formula is C29H34N4O3. The summed E-state index contributed by atoms with van der Waals surface area (Å²) in [6.07, 6.45) is 8.27. The van der Waals surface area contributed by atoms with Crippen molar-refractivity contribution >= 4 is 17.8 Å². The molecule has 2 aromatic carbocycles. The highest BCUT2D eigenvalue weighted by Gasteiger charge is 2.33. The number of hydrogen-bond donors (Lipinski definition) is 1. The molecule has 2 saturated carbocycles. The van der Waals surface area contributed by atoms with Crippen molar-refractivity contribution < 1.29 is 14.3 Å². The lowest BCUT2D eigenvalue weighted by atomic mass is 10.1. The normalized spacial score (nSPS) is 15.6. The minimum atomic E-state index is -0.220. The van der Waals surface area contributed by atoms with E-state index in [-0.39, 0.29) is 24.3 Å². The summed E-state index contributed by atoms with van der Waals surface area (Å²) in [6.45, 7) is 2.77. The van der Waals surface area contributed by atoms with Gasteiger partial charge in [0.25, 0.3) is 0 Å². The van der Waals surface area contributed by atoms with Crippen molar-refractivity contribution in [1.82, 2.24) is 14.5 Å². The van der Waals surface area contributed by atoms with Crippen LogP contribution in [0.3, 0.4) is 0 Å². The van der Waals surface area contributed by atoms with Crippen LogP contribution in [-0.4, -0.2) is 46.5 Å². The zero-order valence-electron chi connectivity index (χ0n) is 21.1. The first kappa shape index (κ1) is 24.1. The van der Waals surface area contributed by atoms with Gasteiger partial charge in [-0.05, 0) is 74.9 Å². The molecule has 36 heavy (non-hydrogen) atoms. The van der Waals surface area contributed by atoms with Gasteiger partial charge in [0.1, 0.15) is 5.75 Å². The summed E-state index contributed by atoms with van der Waals surface area (Å²) in [5.41, 5.74) is 3.72. The molecule has 2 fully saturated rings. The van der Waals surface area contributed by atoms with Crippen LogP contribution < -0.4 is 10.1 Å². The zero-order chi connectivity index (χ0) is 25.1. The van der Waals surface area contributed by atoms with Crippen LogP contribution >= 0.6 is 0 Å². The Morgan fingerprint density at radius 1 is 1.03 bits per heavy atom. The number of methoxy groups -OCH3 is 1. The van der Waals surface area contributed by atoms with E-state index in [1.807, 2.05) is 66.2 Å². The van der Waals surface area contributed by atoms with Crippen molar-refractivity contribution in [2.24, 2.45) is 11.8 Å². The molecular weight excluding hydrogens is 452 g/mol. The summed E-state index contributed by atoms with van der Waals surface area (Å²) >= 11 is 0. The molecule has 2 aliphatic carbocycles. The number of aromatic nitrogens is 2. The minimum absolute atomic E-state index is 0.0600. The Balaban J connectivity index is 1.39. The lowest BCUT2D eigenvalue weighted by Gasteiger charge is -2.25. The number of rotatable bonds is 9. The van der Waals surface area contributed by atoms with Gasteiger partial charge in [0.15, 0.2) is 0 Å². The predicted octanol–water partition coefficient (Wildman–Crippen LogP) is 5.22. The van der Waals surface area contributed by atoms with Gasteiger partial charge in [-0.3, -0.25) is 19.5 Å². The first-order valence-electron chi connectivity index (χ1n) is 12.9. The Hall–Kier alpha value is -3.61. The molecule has 7 heteroatoms. The Kier molecular flexibility index (Phi) is 7.07. The number of hydrogen-bond acceptors (Lipinski definition) is 4. The van der Waals surface area contributed by atoms with E-state index in [0.717, 1.165) is 66.8 Å². The van der Waals surface area contributed by atoms with Gasteiger partial charge < -0.3 is 9.64 Å². The molecule has 0 radical (unpaired) electrons. The highest BCUT2D eigenvalue weighted by molar-refractivity contribution is 5.94. The number of amides is 2. The van der Waals surface area contributed by atoms with E-state index in [0.29, 0.717) is 18.4 Å². The molecule has 1 heterocycles. The molecule has 0 spiro atoms. The van der Waals surface area contributed by atoms with E-state index >= 15 is 0 Å². The number of imidazole rings is 1. The Labute approximate surface area is 212 Å². The van der Waals surface area contributed by atoms with Crippen LogP contribution in [0.4, 0.5) is 5.95 Å². The van der Waals surface area contributed by atoms with Crippen LogP contribution in [0, 0.1) is 18.8 Å². The molecule has 2 amide bonds. The van der Waals surface area contributed by atoms with Crippen molar-refractivity contribution in [2.75, 3.05) is 25.5 Å². The zero-order valence-corrected chi connectivity index (χ0v) is 21.1. The Bertz CT molecular complexity index is 1210. The summed E-state index contributed by atoms with van der Waals surface area (Å²) < 4.78 is 7.17. The van der Waals surface area contributed by atoms with Gasteiger partial charge in [-0.25, -0.2) is 4.98 Å². The van der Waals surface area contributed by atoms with Crippen LogP contribution in [0.1, 0.15) is 44.1 Å². The van der Waals surface area contributed by atoms with E-state index in [1.165, 1.54) is 0 Å². The highest BCUT2D eigenvalue weighted by Crippen LogP contribution is 2.32. The van der Waals surface area contributed by atoms with E-state index in [9.17, 15) is 9.59 Å². The number of nitrogens with zero attached hydrogens (tertiary/aromatic N) is 3. The highest BCUT2D eigenvalue weighted by atomic mass is 16.5. The van der Waals surface area contributed by atoms with E-state index < -0.39 is 0 Å². The average Bonchev–Trinajstić information content (AvgIpc) is 3.36. The molecule has 3 aromatic rings. The van der Waals surface area contributed by atoms with Crippen molar-refractivity contribution in [2.45, 2.75) is 45.4 Å². The fourth-order valence-corrected chi connectivity index (χ4v) is 4.88. The number of aryl methyl sites for hydroxylation is 1. The van der Waals surface area contributed by atoms with Gasteiger partial charge in [-0.2, -0.15) is 0 Å². The molecule has 7 nitrogen and oxygen atoms in total. The molecule has 0 unspecified atom stereocenters. The number of benzene rings is 2. The van der Waals surface area contributed by atoms with E-state index in [2.05, 4.69) is 5.32 Å². The SMILES string of the molecule is COc1ccc(-c2cn(-c3ccc(C)cc3)c(NC(=O)CN(CC3CC3)C(=O)C3CCCC3)n2)cc1. The second kappa shape index (κ2) is 10.6. The third-order valence-corrected chi connectivity index (χ3v) is 7.18. The summed E-state index contributed by atoms with van der Waals surface area (Å²) in [7, 11) is 1.64. The average molecular weight is 487 g/mol.